The van der Waals surface area contributed by atoms with Crippen LogP contribution in [0, 0.1) is 5.92 Å². The third-order valence-corrected chi connectivity index (χ3v) is 3.48. The first-order chi connectivity index (χ1) is 7.66. The molecule has 16 heavy (non-hydrogen) atoms. The van der Waals surface area contributed by atoms with E-state index < -0.39 is 0 Å². The molecule has 0 aromatic heterocycles. The van der Waals surface area contributed by atoms with Gasteiger partial charge in [-0.3, -0.25) is 0 Å². The third-order valence-electron chi connectivity index (χ3n) is 3.18. The average Bonchev–Trinajstić information content (AvgIpc) is 2.70. The number of rotatable bonds is 3. The van der Waals surface area contributed by atoms with Crippen LogP contribution in [0.4, 0.5) is 5.69 Å². The Balaban J connectivity index is 2.08. The Morgan fingerprint density at radius 3 is 2.81 bits per heavy atom. The van der Waals surface area contributed by atoms with E-state index in [1.165, 1.54) is 12.0 Å². The van der Waals surface area contributed by atoms with Crippen molar-refractivity contribution in [3.63, 3.8) is 0 Å². The summed E-state index contributed by atoms with van der Waals surface area (Å²) in [4.78, 5) is 2.04. The van der Waals surface area contributed by atoms with E-state index in [0.29, 0.717) is 0 Å². The summed E-state index contributed by atoms with van der Waals surface area (Å²) >= 11 is 6.25. The Kier molecular flexibility index (Phi) is 3.72. The molecule has 0 spiro atoms. The predicted octanol–water partition coefficient (Wildman–Crippen LogP) is 2.56. The first-order valence-electron chi connectivity index (χ1n) is 5.83. The molecule has 1 fully saturated rings. The van der Waals surface area contributed by atoms with Gasteiger partial charge in [-0.1, -0.05) is 17.7 Å². The molecule has 1 N–H and O–H groups in total. The Morgan fingerprint density at radius 2 is 2.25 bits per heavy atom. The van der Waals surface area contributed by atoms with Gasteiger partial charge in [0.15, 0.2) is 0 Å². The van der Waals surface area contributed by atoms with Crippen LogP contribution in [-0.2, 0) is 6.42 Å². The first-order valence-corrected chi connectivity index (χ1v) is 6.21. The molecule has 0 saturated carbocycles. The van der Waals surface area contributed by atoms with Crippen molar-refractivity contribution in [2.24, 2.45) is 5.92 Å². The van der Waals surface area contributed by atoms with Crippen molar-refractivity contribution >= 4 is 17.3 Å². The van der Waals surface area contributed by atoms with Gasteiger partial charge in [-0.15, -0.1) is 0 Å². The molecular weight excluding hydrogens is 220 g/mol. The number of hydrogen-bond donors (Lipinski definition) is 1. The van der Waals surface area contributed by atoms with Crippen molar-refractivity contribution in [2.45, 2.75) is 12.8 Å². The van der Waals surface area contributed by atoms with Crippen LogP contribution in [0.15, 0.2) is 18.2 Å². The molecule has 88 valence electrons. The molecule has 1 aromatic carbocycles. The topological polar surface area (TPSA) is 15.3 Å². The van der Waals surface area contributed by atoms with E-state index in [2.05, 4.69) is 23.5 Å². The lowest BCUT2D eigenvalue weighted by Crippen LogP contribution is -2.11. The minimum atomic E-state index is 0.779. The average molecular weight is 239 g/mol. The minimum absolute atomic E-state index is 0.779. The number of halogens is 1. The fourth-order valence-electron chi connectivity index (χ4n) is 2.26. The van der Waals surface area contributed by atoms with E-state index in [-0.39, 0.29) is 0 Å². The fraction of sp³-hybridized carbons (Fsp3) is 0.538. The fourth-order valence-corrected chi connectivity index (χ4v) is 2.63. The summed E-state index contributed by atoms with van der Waals surface area (Å²) in [5.41, 5.74) is 2.44. The molecule has 0 bridgehead atoms. The molecule has 1 aliphatic rings. The zero-order chi connectivity index (χ0) is 11.5. The van der Waals surface area contributed by atoms with E-state index in [0.717, 1.165) is 36.1 Å². The molecular formula is C13H19ClN2. The second kappa shape index (κ2) is 5.07. The summed E-state index contributed by atoms with van der Waals surface area (Å²) in [5.74, 6) is 0.779. The number of nitrogens with zero attached hydrogens (tertiary/aromatic N) is 1. The summed E-state index contributed by atoms with van der Waals surface area (Å²) in [5, 5.41) is 4.25. The van der Waals surface area contributed by atoms with E-state index in [1.54, 1.807) is 0 Å². The maximum absolute atomic E-state index is 6.25. The highest BCUT2D eigenvalue weighted by atomic mass is 35.5. The minimum Gasteiger partial charge on any atom is -0.376 e. The molecule has 1 unspecified atom stereocenters. The van der Waals surface area contributed by atoms with Crippen molar-refractivity contribution in [3.8, 4) is 0 Å². The van der Waals surface area contributed by atoms with Crippen LogP contribution < -0.4 is 10.2 Å². The molecule has 1 saturated heterocycles. The summed E-state index contributed by atoms with van der Waals surface area (Å²) in [6.07, 6.45) is 2.42. The van der Waals surface area contributed by atoms with Gasteiger partial charge in [0, 0.05) is 14.1 Å². The van der Waals surface area contributed by atoms with E-state index in [9.17, 15) is 0 Å². The second-order valence-electron chi connectivity index (χ2n) is 4.74. The quantitative estimate of drug-likeness (QED) is 0.871. The van der Waals surface area contributed by atoms with Gasteiger partial charge in [0.1, 0.15) is 0 Å². The maximum Gasteiger partial charge on any atom is 0.0642 e. The van der Waals surface area contributed by atoms with Gasteiger partial charge in [-0.05, 0) is 49.5 Å². The summed E-state index contributed by atoms with van der Waals surface area (Å²) in [7, 11) is 4.03. The smallest absolute Gasteiger partial charge is 0.0642 e. The molecule has 1 atom stereocenters. The largest absolute Gasteiger partial charge is 0.376 e. The van der Waals surface area contributed by atoms with Crippen LogP contribution in [0.2, 0.25) is 5.02 Å². The molecule has 3 heteroatoms. The SMILES string of the molecule is CN(C)c1ccc(CC2CCNC2)cc1Cl. The monoisotopic (exact) mass is 238 g/mol. The lowest BCUT2D eigenvalue weighted by Gasteiger charge is -2.16. The Bertz CT molecular complexity index is 357. The zero-order valence-electron chi connectivity index (χ0n) is 9.96. The van der Waals surface area contributed by atoms with Gasteiger partial charge in [0.05, 0.1) is 10.7 Å². The van der Waals surface area contributed by atoms with Gasteiger partial charge in [0.25, 0.3) is 0 Å². The highest BCUT2D eigenvalue weighted by Crippen LogP contribution is 2.26. The van der Waals surface area contributed by atoms with Crippen molar-refractivity contribution in [3.05, 3.63) is 28.8 Å². The Morgan fingerprint density at radius 1 is 1.44 bits per heavy atom. The number of benzene rings is 1. The molecule has 1 heterocycles. The van der Waals surface area contributed by atoms with Gasteiger partial charge in [-0.25, -0.2) is 0 Å². The van der Waals surface area contributed by atoms with Crippen LogP contribution >= 0.6 is 11.6 Å². The van der Waals surface area contributed by atoms with Crippen molar-refractivity contribution in [1.82, 2.24) is 5.32 Å². The Hall–Kier alpha value is -0.730. The molecule has 2 rings (SSSR count). The van der Waals surface area contributed by atoms with Gasteiger partial charge in [0.2, 0.25) is 0 Å². The van der Waals surface area contributed by atoms with Crippen LogP contribution in [-0.4, -0.2) is 27.2 Å². The molecule has 0 aliphatic carbocycles. The van der Waals surface area contributed by atoms with Gasteiger partial charge < -0.3 is 10.2 Å². The summed E-state index contributed by atoms with van der Waals surface area (Å²) < 4.78 is 0. The normalized spacial score (nSPS) is 20.1. The predicted molar refractivity (Wildman–Crippen MR) is 70.5 cm³/mol. The highest BCUT2D eigenvalue weighted by molar-refractivity contribution is 6.33. The molecule has 1 aliphatic heterocycles. The lowest BCUT2D eigenvalue weighted by molar-refractivity contribution is 0.580. The summed E-state index contributed by atoms with van der Waals surface area (Å²) in [6, 6.07) is 6.41. The lowest BCUT2D eigenvalue weighted by atomic mass is 9.98. The first kappa shape index (κ1) is 11.7. The number of hydrogen-bond acceptors (Lipinski definition) is 2. The van der Waals surface area contributed by atoms with E-state index in [4.69, 9.17) is 11.6 Å². The van der Waals surface area contributed by atoms with Crippen LogP contribution in [0.25, 0.3) is 0 Å². The van der Waals surface area contributed by atoms with Crippen molar-refractivity contribution < 1.29 is 0 Å². The number of anilines is 1. The molecule has 2 nitrogen and oxygen atoms in total. The van der Waals surface area contributed by atoms with E-state index >= 15 is 0 Å². The van der Waals surface area contributed by atoms with Crippen LogP contribution in [0.5, 0.6) is 0 Å². The zero-order valence-corrected chi connectivity index (χ0v) is 10.7. The van der Waals surface area contributed by atoms with E-state index in [1.807, 2.05) is 19.0 Å². The second-order valence-corrected chi connectivity index (χ2v) is 5.15. The highest BCUT2D eigenvalue weighted by Gasteiger charge is 2.15. The molecule has 0 amide bonds. The molecule has 1 aromatic rings. The van der Waals surface area contributed by atoms with Gasteiger partial charge in [-0.2, -0.15) is 0 Å². The number of nitrogens with one attached hydrogen (secondary N) is 1. The Labute approximate surface area is 103 Å². The van der Waals surface area contributed by atoms with Crippen molar-refractivity contribution in [1.29, 1.82) is 0 Å². The molecule has 0 radical (unpaired) electrons. The van der Waals surface area contributed by atoms with Gasteiger partial charge >= 0.3 is 0 Å². The van der Waals surface area contributed by atoms with Crippen LogP contribution in [0.3, 0.4) is 0 Å². The van der Waals surface area contributed by atoms with Crippen LogP contribution in [0.1, 0.15) is 12.0 Å². The summed E-state index contributed by atoms with van der Waals surface area (Å²) in [6.45, 7) is 2.31. The maximum atomic E-state index is 6.25. The van der Waals surface area contributed by atoms with Crippen molar-refractivity contribution in [2.75, 3.05) is 32.1 Å². The standard InChI is InChI=1S/C13H19ClN2/c1-16(2)13-4-3-10(8-12(13)14)7-11-5-6-15-9-11/h3-4,8,11,15H,5-7,9H2,1-2H3. The third kappa shape index (κ3) is 2.69.